The molecule has 1 aliphatic rings. The number of hydrogen-bond acceptors (Lipinski definition) is 5. The van der Waals surface area contributed by atoms with E-state index in [2.05, 4.69) is 29.1 Å². The van der Waals surface area contributed by atoms with Crippen molar-refractivity contribution < 1.29 is 9.90 Å². The first-order valence-corrected chi connectivity index (χ1v) is 8.57. The molecule has 1 N–H and O–H groups in total. The Bertz CT molecular complexity index is 434. The first-order chi connectivity index (χ1) is 9.06. The lowest BCUT2D eigenvalue weighted by molar-refractivity contribution is -0.138. The molecule has 6 heteroatoms. The lowest BCUT2D eigenvalue weighted by Crippen LogP contribution is -2.43. The third kappa shape index (κ3) is 4.19. The zero-order valence-electron chi connectivity index (χ0n) is 11.3. The Morgan fingerprint density at radius 3 is 3.05 bits per heavy atom. The first-order valence-electron chi connectivity index (χ1n) is 6.54. The predicted molar refractivity (Wildman–Crippen MR) is 80.0 cm³/mol. The van der Waals surface area contributed by atoms with E-state index >= 15 is 0 Å². The lowest BCUT2D eigenvalue weighted by atomic mass is 10.2. The molecule has 1 atom stereocenters. The molecule has 106 valence electrons. The van der Waals surface area contributed by atoms with Crippen LogP contribution in [0.1, 0.15) is 36.9 Å². The minimum absolute atomic E-state index is 0.139. The summed E-state index contributed by atoms with van der Waals surface area (Å²) in [5.41, 5.74) is 1.08. The van der Waals surface area contributed by atoms with Crippen molar-refractivity contribution in [1.82, 2.24) is 9.88 Å². The van der Waals surface area contributed by atoms with Crippen molar-refractivity contribution >= 4 is 29.1 Å². The summed E-state index contributed by atoms with van der Waals surface area (Å²) in [6.45, 7) is 6.03. The van der Waals surface area contributed by atoms with Gasteiger partial charge in [-0.15, -0.1) is 11.3 Å². The van der Waals surface area contributed by atoms with Gasteiger partial charge in [0.25, 0.3) is 0 Å². The Morgan fingerprint density at radius 1 is 1.63 bits per heavy atom. The molecule has 0 bridgehead atoms. The minimum atomic E-state index is -0.710. The van der Waals surface area contributed by atoms with Crippen molar-refractivity contribution in [1.29, 1.82) is 0 Å². The SMILES string of the molecule is CC(C)c1nc(CN2CCSCC2CC(=O)O)cs1. The van der Waals surface area contributed by atoms with Crippen LogP contribution in [0.2, 0.25) is 0 Å². The Balaban J connectivity index is 1.99. The van der Waals surface area contributed by atoms with Gasteiger partial charge in [-0.2, -0.15) is 11.8 Å². The summed E-state index contributed by atoms with van der Waals surface area (Å²) in [7, 11) is 0. The van der Waals surface area contributed by atoms with Gasteiger partial charge < -0.3 is 5.11 Å². The molecular weight excluding hydrogens is 280 g/mol. The van der Waals surface area contributed by atoms with Gasteiger partial charge >= 0.3 is 5.97 Å². The molecule has 0 saturated carbocycles. The van der Waals surface area contributed by atoms with Crippen LogP contribution in [0.4, 0.5) is 0 Å². The van der Waals surface area contributed by atoms with Gasteiger partial charge in [-0.3, -0.25) is 9.69 Å². The number of aliphatic carboxylic acids is 1. The van der Waals surface area contributed by atoms with Crippen LogP contribution < -0.4 is 0 Å². The molecule has 1 fully saturated rings. The molecule has 1 saturated heterocycles. The zero-order chi connectivity index (χ0) is 13.8. The Labute approximate surface area is 122 Å². The summed E-state index contributed by atoms with van der Waals surface area (Å²) >= 11 is 3.55. The fraction of sp³-hybridized carbons (Fsp3) is 0.692. The van der Waals surface area contributed by atoms with E-state index in [1.165, 1.54) is 0 Å². The number of carboxylic acids is 1. The number of aromatic nitrogens is 1. The third-order valence-electron chi connectivity index (χ3n) is 3.19. The van der Waals surface area contributed by atoms with Crippen LogP contribution in [0, 0.1) is 0 Å². The Kier molecular flexibility index (Phi) is 5.24. The van der Waals surface area contributed by atoms with Crippen LogP contribution in [0.25, 0.3) is 0 Å². The zero-order valence-corrected chi connectivity index (χ0v) is 13.0. The number of nitrogens with zero attached hydrogens (tertiary/aromatic N) is 2. The molecule has 1 unspecified atom stereocenters. The molecule has 0 aromatic carbocycles. The van der Waals surface area contributed by atoms with E-state index in [0.29, 0.717) is 5.92 Å². The molecular formula is C13H20N2O2S2. The first kappa shape index (κ1) is 14.8. The smallest absolute Gasteiger partial charge is 0.304 e. The van der Waals surface area contributed by atoms with E-state index < -0.39 is 5.97 Å². The lowest BCUT2D eigenvalue weighted by Gasteiger charge is -2.33. The summed E-state index contributed by atoms with van der Waals surface area (Å²) in [5, 5.41) is 12.2. The second-order valence-electron chi connectivity index (χ2n) is 5.13. The van der Waals surface area contributed by atoms with Crippen LogP contribution in [0.3, 0.4) is 0 Å². The van der Waals surface area contributed by atoms with Gasteiger partial charge in [0, 0.05) is 41.9 Å². The monoisotopic (exact) mass is 300 g/mol. The van der Waals surface area contributed by atoms with Crippen LogP contribution in [-0.4, -0.2) is 45.1 Å². The standard InChI is InChI=1S/C13H20N2O2S2/c1-9(2)13-14-10(7-19-13)6-15-3-4-18-8-11(15)5-12(16)17/h7,9,11H,3-6,8H2,1-2H3,(H,16,17). The molecule has 2 rings (SSSR count). The van der Waals surface area contributed by atoms with Crippen molar-refractivity contribution in [2.75, 3.05) is 18.1 Å². The van der Waals surface area contributed by atoms with Gasteiger partial charge in [0.05, 0.1) is 17.1 Å². The fourth-order valence-corrected chi connectivity index (χ4v) is 4.11. The van der Waals surface area contributed by atoms with Gasteiger partial charge in [0.1, 0.15) is 0 Å². The van der Waals surface area contributed by atoms with Crippen molar-refractivity contribution in [3.8, 4) is 0 Å². The molecule has 1 aromatic rings. The minimum Gasteiger partial charge on any atom is -0.481 e. The average Bonchev–Trinajstić information content (AvgIpc) is 2.80. The van der Waals surface area contributed by atoms with E-state index in [0.717, 1.165) is 35.3 Å². The largest absolute Gasteiger partial charge is 0.481 e. The molecule has 1 aromatic heterocycles. The number of thiazole rings is 1. The summed E-state index contributed by atoms with van der Waals surface area (Å²) in [6, 6.07) is 0.139. The number of thioether (sulfide) groups is 1. The molecule has 19 heavy (non-hydrogen) atoms. The number of hydrogen-bond donors (Lipinski definition) is 1. The molecule has 1 aliphatic heterocycles. The summed E-state index contributed by atoms with van der Waals surface area (Å²) < 4.78 is 0. The fourth-order valence-electron chi connectivity index (χ4n) is 2.16. The van der Waals surface area contributed by atoms with Gasteiger partial charge in [-0.25, -0.2) is 4.98 Å². The van der Waals surface area contributed by atoms with Crippen molar-refractivity contribution in [3.05, 3.63) is 16.1 Å². The van der Waals surface area contributed by atoms with Gasteiger partial charge in [-0.1, -0.05) is 13.8 Å². The Hall–Kier alpha value is -0.590. The van der Waals surface area contributed by atoms with Crippen LogP contribution in [0.5, 0.6) is 0 Å². The van der Waals surface area contributed by atoms with Gasteiger partial charge in [-0.05, 0) is 0 Å². The van der Waals surface area contributed by atoms with Gasteiger partial charge in [0.15, 0.2) is 0 Å². The van der Waals surface area contributed by atoms with E-state index in [4.69, 9.17) is 5.11 Å². The summed E-state index contributed by atoms with van der Waals surface area (Å²) in [5.74, 6) is 1.74. The maximum Gasteiger partial charge on any atom is 0.304 e. The molecule has 2 heterocycles. The highest BCUT2D eigenvalue weighted by molar-refractivity contribution is 7.99. The predicted octanol–water partition coefficient (Wildman–Crippen LogP) is 2.66. The van der Waals surface area contributed by atoms with E-state index in [1.807, 2.05) is 11.8 Å². The Morgan fingerprint density at radius 2 is 2.42 bits per heavy atom. The maximum absolute atomic E-state index is 10.9. The third-order valence-corrected chi connectivity index (χ3v) is 5.47. The molecule has 4 nitrogen and oxygen atoms in total. The van der Waals surface area contributed by atoms with E-state index in [1.54, 1.807) is 11.3 Å². The van der Waals surface area contributed by atoms with Gasteiger partial charge in [0.2, 0.25) is 0 Å². The number of rotatable bonds is 5. The average molecular weight is 300 g/mol. The highest BCUT2D eigenvalue weighted by Crippen LogP contribution is 2.24. The second-order valence-corrected chi connectivity index (χ2v) is 7.17. The number of carboxylic acid groups (broad SMARTS) is 1. The normalized spacial score (nSPS) is 20.9. The number of carbonyl (C=O) groups is 1. The highest BCUT2D eigenvalue weighted by atomic mass is 32.2. The van der Waals surface area contributed by atoms with Crippen LogP contribution in [0.15, 0.2) is 5.38 Å². The molecule has 0 radical (unpaired) electrons. The summed E-state index contributed by atoms with van der Waals surface area (Å²) in [6.07, 6.45) is 0.230. The van der Waals surface area contributed by atoms with Crippen molar-refractivity contribution in [2.45, 2.75) is 38.8 Å². The molecule has 0 amide bonds. The van der Waals surface area contributed by atoms with Crippen LogP contribution >= 0.6 is 23.1 Å². The maximum atomic E-state index is 10.9. The quantitative estimate of drug-likeness (QED) is 0.906. The van der Waals surface area contributed by atoms with Crippen molar-refractivity contribution in [2.24, 2.45) is 0 Å². The van der Waals surface area contributed by atoms with E-state index in [9.17, 15) is 4.79 Å². The molecule has 0 aliphatic carbocycles. The van der Waals surface area contributed by atoms with Crippen molar-refractivity contribution in [3.63, 3.8) is 0 Å². The highest BCUT2D eigenvalue weighted by Gasteiger charge is 2.25. The van der Waals surface area contributed by atoms with Crippen LogP contribution in [-0.2, 0) is 11.3 Å². The second kappa shape index (κ2) is 6.72. The van der Waals surface area contributed by atoms with E-state index in [-0.39, 0.29) is 12.5 Å². The topological polar surface area (TPSA) is 53.4 Å². The summed E-state index contributed by atoms with van der Waals surface area (Å²) in [4.78, 5) is 17.8. The molecule has 0 spiro atoms.